The van der Waals surface area contributed by atoms with Crippen LogP contribution in [0.15, 0.2) is 41.4 Å². The lowest BCUT2D eigenvalue weighted by atomic mass is 10.2. The Balaban J connectivity index is 2.05. The van der Waals surface area contributed by atoms with Crippen molar-refractivity contribution < 1.29 is 4.39 Å². The van der Waals surface area contributed by atoms with Gasteiger partial charge in [-0.25, -0.2) is 14.4 Å². The molecular formula is C13H7BrFN5. The summed E-state index contributed by atoms with van der Waals surface area (Å²) < 4.78 is 16.2. The second-order valence-electron chi connectivity index (χ2n) is 4.00. The maximum absolute atomic E-state index is 13.9. The summed E-state index contributed by atoms with van der Waals surface area (Å²) in [6, 6.07) is 6.09. The molecule has 0 aliphatic carbocycles. The van der Waals surface area contributed by atoms with E-state index in [1.54, 1.807) is 23.0 Å². The smallest absolute Gasteiger partial charge is 0.180 e. The van der Waals surface area contributed by atoms with Crippen LogP contribution in [0, 0.1) is 17.1 Å². The van der Waals surface area contributed by atoms with E-state index in [2.05, 4.69) is 31.2 Å². The zero-order chi connectivity index (χ0) is 14.1. The molecule has 0 spiro atoms. The van der Waals surface area contributed by atoms with Crippen LogP contribution >= 0.6 is 15.9 Å². The van der Waals surface area contributed by atoms with Crippen molar-refractivity contribution in [3.63, 3.8) is 0 Å². The number of nitrogens with zero attached hydrogens (tertiary/aromatic N) is 4. The van der Waals surface area contributed by atoms with E-state index in [0.29, 0.717) is 16.1 Å². The molecule has 2 aromatic heterocycles. The van der Waals surface area contributed by atoms with Gasteiger partial charge >= 0.3 is 0 Å². The summed E-state index contributed by atoms with van der Waals surface area (Å²) in [6.07, 6.45) is 5.15. The number of anilines is 2. The molecule has 1 aromatic carbocycles. The van der Waals surface area contributed by atoms with E-state index in [9.17, 15) is 4.39 Å². The van der Waals surface area contributed by atoms with Crippen LogP contribution in [0.25, 0.3) is 5.65 Å². The first-order valence-electron chi connectivity index (χ1n) is 5.63. The van der Waals surface area contributed by atoms with Crippen LogP contribution in [0.2, 0.25) is 0 Å². The van der Waals surface area contributed by atoms with Crippen molar-refractivity contribution >= 4 is 33.1 Å². The van der Waals surface area contributed by atoms with Crippen LogP contribution in [0.4, 0.5) is 15.9 Å². The third kappa shape index (κ3) is 2.21. The van der Waals surface area contributed by atoms with Crippen LogP contribution in [-0.2, 0) is 0 Å². The molecule has 98 valence electrons. The number of rotatable bonds is 2. The summed E-state index contributed by atoms with van der Waals surface area (Å²) in [5.41, 5.74) is 1.08. The third-order valence-electron chi connectivity index (χ3n) is 2.70. The van der Waals surface area contributed by atoms with Crippen molar-refractivity contribution in [3.8, 4) is 6.07 Å². The molecule has 3 rings (SSSR count). The predicted molar refractivity (Wildman–Crippen MR) is 75.1 cm³/mol. The molecule has 0 radical (unpaired) electrons. The Morgan fingerprint density at radius 1 is 1.40 bits per heavy atom. The van der Waals surface area contributed by atoms with Crippen LogP contribution in [0.3, 0.4) is 0 Å². The maximum Gasteiger partial charge on any atom is 0.180 e. The Morgan fingerprint density at radius 2 is 2.25 bits per heavy atom. The molecule has 0 aliphatic rings. The third-order valence-corrected chi connectivity index (χ3v) is 3.08. The van der Waals surface area contributed by atoms with Crippen LogP contribution in [0.1, 0.15) is 5.56 Å². The lowest BCUT2D eigenvalue weighted by molar-refractivity contribution is 0.631. The molecule has 0 fully saturated rings. The maximum atomic E-state index is 13.9. The number of nitriles is 1. The topological polar surface area (TPSA) is 66.0 Å². The average molecular weight is 332 g/mol. The molecule has 20 heavy (non-hydrogen) atoms. The first kappa shape index (κ1) is 12.6. The van der Waals surface area contributed by atoms with Gasteiger partial charge in [-0.2, -0.15) is 5.26 Å². The fraction of sp³-hybridized carbons (Fsp3) is 0. The van der Waals surface area contributed by atoms with Crippen LogP contribution < -0.4 is 5.32 Å². The van der Waals surface area contributed by atoms with Gasteiger partial charge in [0.05, 0.1) is 17.3 Å². The molecule has 0 aliphatic heterocycles. The van der Waals surface area contributed by atoms with Crippen LogP contribution in [-0.4, -0.2) is 14.4 Å². The molecule has 0 saturated heterocycles. The summed E-state index contributed by atoms with van der Waals surface area (Å²) in [5, 5.41) is 11.6. The van der Waals surface area contributed by atoms with Crippen molar-refractivity contribution in [2.75, 3.05) is 5.32 Å². The fourth-order valence-corrected chi connectivity index (χ4v) is 2.20. The van der Waals surface area contributed by atoms with E-state index in [1.807, 2.05) is 6.07 Å². The summed E-state index contributed by atoms with van der Waals surface area (Å²) in [4.78, 5) is 8.40. The minimum atomic E-state index is -0.518. The molecule has 0 unspecified atom stereocenters. The second-order valence-corrected chi connectivity index (χ2v) is 4.81. The molecule has 3 aromatic rings. The molecule has 0 amide bonds. The molecule has 1 N–H and O–H groups in total. The quantitative estimate of drug-likeness (QED) is 0.782. The minimum absolute atomic E-state index is 0.236. The van der Waals surface area contributed by atoms with Crippen LogP contribution in [0.5, 0.6) is 0 Å². The standard InChI is InChI=1S/C13H7BrFN5/c14-11-7-20-4-3-17-13(20)12(19-11)18-10-2-1-8(6-16)5-9(10)15/h1-5,7H,(H,18,19). The second kappa shape index (κ2) is 4.90. The van der Waals surface area contributed by atoms with Gasteiger partial charge in [0.1, 0.15) is 10.4 Å². The van der Waals surface area contributed by atoms with Crippen molar-refractivity contribution in [1.82, 2.24) is 14.4 Å². The summed E-state index contributed by atoms with van der Waals surface area (Å²) in [6.45, 7) is 0. The Morgan fingerprint density at radius 3 is 3.00 bits per heavy atom. The zero-order valence-electron chi connectivity index (χ0n) is 10.0. The molecule has 0 bridgehead atoms. The normalized spacial score (nSPS) is 10.4. The summed E-state index contributed by atoms with van der Waals surface area (Å²) in [7, 11) is 0. The highest BCUT2D eigenvalue weighted by atomic mass is 79.9. The monoisotopic (exact) mass is 331 g/mol. The van der Waals surface area contributed by atoms with Crippen molar-refractivity contribution in [1.29, 1.82) is 5.26 Å². The predicted octanol–water partition coefficient (Wildman–Crippen LogP) is 3.25. The number of aromatic nitrogens is 3. The van der Waals surface area contributed by atoms with E-state index in [4.69, 9.17) is 5.26 Å². The summed E-state index contributed by atoms with van der Waals surface area (Å²) >= 11 is 3.29. The van der Waals surface area contributed by atoms with Gasteiger partial charge in [0.25, 0.3) is 0 Å². The Kier molecular flexibility index (Phi) is 3.08. The summed E-state index contributed by atoms with van der Waals surface area (Å²) in [5.74, 6) is -0.0940. The molecule has 2 heterocycles. The van der Waals surface area contributed by atoms with Gasteiger partial charge in [0.15, 0.2) is 11.5 Å². The first-order valence-corrected chi connectivity index (χ1v) is 6.42. The number of hydrogen-bond acceptors (Lipinski definition) is 4. The van der Waals surface area contributed by atoms with Crippen molar-refractivity contribution in [2.24, 2.45) is 0 Å². The molecule has 0 saturated carbocycles. The highest BCUT2D eigenvalue weighted by Gasteiger charge is 2.10. The fourth-order valence-electron chi connectivity index (χ4n) is 1.80. The highest BCUT2D eigenvalue weighted by Crippen LogP contribution is 2.23. The van der Waals surface area contributed by atoms with Gasteiger partial charge < -0.3 is 9.72 Å². The molecule has 5 nitrogen and oxygen atoms in total. The average Bonchev–Trinajstić information content (AvgIpc) is 2.89. The van der Waals surface area contributed by atoms with E-state index in [0.717, 1.165) is 0 Å². The molecule has 0 atom stereocenters. The van der Waals surface area contributed by atoms with Gasteiger partial charge in [-0.1, -0.05) is 0 Å². The lowest BCUT2D eigenvalue weighted by Crippen LogP contribution is -2.00. The number of halogens is 2. The van der Waals surface area contributed by atoms with Crippen molar-refractivity contribution in [2.45, 2.75) is 0 Å². The Labute approximate surface area is 121 Å². The van der Waals surface area contributed by atoms with E-state index < -0.39 is 5.82 Å². The zero-order valence-corrected chi connectivity index (χ0v) is 11.6. The number of fused-ring (bicyclic) bond motifs is 1. The molecule has 7 heteroatoms. The van der Waals surface area contributed by atoms with E-state index in [-0.39, 0.29) is 11.3 Å². The number of hydrogen-bond donors (Lipinski definition) is 1. The van der Waals surface area contributed by atoms with Crippen molar-refractivity contribution in [3.05, 3.63) is 52.8 Å². The van der Waals surface area contributed by atoms with Gasteiger partial charge in [-0.15, -0.1) is 0 Å². The highest BCUT2D eigenvalue weighted by molar-refractivity contribution is 9.10. The van der Waals surface area contributed by atoms with Gasteiger partial charge in [0, 0.05) is 18.6 Å². The van der Waals surface area contributed by atoms with Gasteiger partial charge in [0.2, 0.25) is 0 Å². The molecular weight excluding hydrogens is 325 g/mol. The number of benzene rings is 1. The first-order chi connectivity index (χ1) is 9.67. The van der Waals surface area contributed by atoms with Gasteiger partial charge in [-0.3, -0.25) is 0 Å². The SMILES string of the molecule is N#Cc1ccc(Nc2nc(Br)cn3ccnc23)c(F)c1. The minimum Gasteiger partial charge on any atom is -0.335 e. The Bertz CT molecular complexity index is 836. The Hall–Kier alpha value is -2.46. The van der Waals surface area contributed by atoms with E-state index >= 15 is 0 Å². The largest absolute Gasteiger partial charge is 0.335 e. The number of nitrogens with one attached hydrogen (secondary N) is 1. The van der Waals surface area contributed by atoms with Gasteiger partial charge in [-0.05, 0) is 34.1 Å². The lowest BCUT2D eigenvalue weighted by Gasteiger charge is -2.08. The van der Waals surface area contributed by atoms with E-state index in [1.165, 1.54) is 18.2 Å². The number of imidazole rings is 1.